The molecule has 2 heterocycles. The van der Waals surface area contributed by atoms with Crippen LogP contribution in [0.3, 0.4) is 0 Å². The van der Waals surface area contributed by atoms with Crippen LogP contribution in [-0.4, -0.2) is 44.3 Å². The van der Waals surface area contributed by atoms with Gasteiger partial charge in [0.2, 0.25) is 0 Å². The first-order valence-corrected chi connectivity index (χ1v) is 9.85. The minimum absolute atomic E-state index is 0.0344. The Hall–Kier alpha value is -2.87. The van der Waals surface area contributed by atoms with Gasteiger partial charge in [-0.25, -0.2) is 9.59 Å². The molecular weight excluding hydrogens is 378 g/mol. The summed E-state index contributed by atoms with van der Waals surface area (Å²) in [6.07, 6.45) is 4.51. The maximum absolute atomic E-state index is 12.1. The van der Waals surface area contributed by atoms with Crippen molar-refractivity contribution in [3.05, 3.63) is 39.7 Å². The molecule has 2 aromatic rings. The summed E-state index contributed by atoms with van der Waals surface area (Å²) in [6.45, 7) is 0.416. The monoisotopic (exact) mass is 401 g/mol. The van der Waals surface area contributed by atoms with E-state index in [1.54, 1.807) is 12.1 Å². The van der Waals surface area contributed by atoms with Crippen LogP contribution in [0.4, 0.5) is 0 Å². The Morgan fingerprint density at radius 1 is 1.14 bits per heavy atom. The van der Waals surface area contributed by atoms with Gasteiger partial charge in [0.25, 0.3) is 5.91 Å². The van der Waals surface area contributed by atoms with Gasteiger partial charge in [0.15, 0.2) is 13.2 Å². The third-order valence-electron chi connectivity index (χ3n) is 5.22. The van der Waals surface area contributed by atoms with Crippen molar-refractivity contribution in [2.45, 2.75) is 38.2 Å². The van der Waals surface area contributed by atoms with Gasteiger partial charge >= 0.3 is 11.6 Å². The Morgan fingerprint density at radius 2 is 2.00 bits per heavy atom. The van der Waals surface area contributed by atoms with Gasteiger partial charge < -0.3 is 23.9 Å². The van der Waals surface area contributed by atoms with Gasteiger partial charge in [0.1, 0.15) is 11.3 Å². The molecule has 1 aromatic carbocycles. The first kappa shape index (κ1) is 19.4. The second-order valence-corrected chi connectivity index (χ2v) is 7.25. The maximum atomic E-state index is 12.1. The van der Waals surface area contributed by atoms with Crippen molar-refractivity contribution in [3.63, 3.8) is 0 Å². The quantitative estimate of drug-likeness (QED) is 0.554. The van der Waals surface area contributed by atoms with Crippen LogP contribution >= 0.6 is 0 Å². The van der Waals surface area contributed by atoms with E-state index < -0.39 is 5.97 Å². The molecule has 154 valence electrons. The summed E-state index contributed by atoms with van der Waals surface area (Å²) in [5.74, 6) is -0.652. The Kier molecular flexibility index (Phi) is 5.80. The van der Waals surface area contributed by atoms with Crippen molar-refractivity contribution < 1.29 is 28.2 Å². The molecule has 8 heteroatoms. The molecule has 0 bridgehead atoms. The Labute approximate surface area is 167 Å². The van der Waals surface area contributed by atoms with E-state index in [1.165, 1.54) is 0 Å². The Morgan fingerprint density at radius 3 is 2.83 bits per heavy atom. The number of esters is 1. The number of ether oxygens (including phenoxy) is 3. The highest BCUT2D eigenvalue weighted by Gasteiger charge is 2.20. The number of aryl methyl sites for hydroxylation is 1. The van der Waals surface area contributed by atoms with Crippen LogP contribution in [0.5, 0.6) is 5.75 Å². The lowest BCUT2D eigenvalue weighted by Gasteiger charge is -2.11. The number of fused-ring (bicyclic) bond motifs is 3. The fraction of sp³-hybridized carbons (Fsp3) is 0.476. The highest BCUT2D eigenvalue weighted by atomic mass is 16.6. The van der Waals surface area contributed by atoms with E-state index in [0.29, 0.717) is 24.5 Å². The highest BCUT2D eigenvalue weighted by molar-refractivity contribution is 5.83. The zero-order valence-electron chi connectivity index (χ0n) is 16.0. The molecule has 1 atom stereocenters. The number of carbonyl (C=O) groups excluding carboxylic acids is 2. The van der Waals surface area contributed by atoms with Crippen LogP contribution in [0.25, 0.3) is 11.0 Å². The standard InChI is InChI=1S/C21H23NO7/c23-19(22-10-14-3-2-8-26-14)11-28-20(24)12-27-13-6-7-16-15-4-1-5-17(15)21(25)29-18(16)9-13/h6-7,9,14H,1-5,8,10-12H2,(H,22,23)/t14-/m1/s1. The van der Waals surface area contributed by atoms with Crippen molar-refractivity contribution in [1.29, 1.82) is 0 Å². The average Bonchev–Trinajstić information content (AvgIpc) is 3.41. The topological polar surface area (TPSA) is 104 Å². The zero-order chi connectivity index (χ0) is 20.2. The summed E-state index contributed by atoms with van der Waals surface area (Å²) in [7, 11) is 0. The first-order valence-electron chi connectivity index (χ1n) is 9.85. The minimum atomic E-state index is -0.659. The summed E-state index contributed by atoms with van der Waals surface area (Å²) >= 11 is 0. The lowest BCUT2D eigenvalue weighted by molar-refractivity contribution is -0.150. The molecule has 1 aliphatic carbocycles. The summed E-state index contributed by atoms with van der Waals surface area (Å²) in [5, 5.41) is 3.57. The Balaban J connectivity index is 1.27. The molecule has 4 rings (SSSR count). The van der Waals surface area contributed by atoms with Crippen molar-refractivity contribution in [3.8, 4) is 5.75 Å². The van der Waals surface area contributed by atoms with Crippen molar-refractivity contribution in [2.75, 3.05) is 26.4 Å². The summed E-state index contributed by atoms with van der Waals surface area (Å²) < 4.78 is 21.1. The molecule has 1 aromatic heterocycles. The summed E-state index contributed by atoms with van der Waals surface area (Å²) in [4.78, 5) is 35.6. The van der Waals surface area contributed by atoms with Crippen LogP contribution in [-0.2, 0) is 31.9 Å². The Bertz CT molecular complexity index is 975. The molecular formula is C21H23NO7. The van der Waals surface area contributed by atoms with Gasteiger partial charge in [0.05, 0.1) is 6.10 Å². The second-order valence-electron chi connectivity index (χ2n) is 7.25. The number of nitrogens with one attached hydrogen (secondary N) is 1. The normalized spacial score (nSPS) is 17.9. The summed E-state index contributed by atoms with van der Waals surface area (Å²) in [5.41, 5.74) is 1.93. The van der Waals surface area contributed by atoms with E-state index in [1.807, 2.05) is 6.07 Å². The second kappa shape index (κ2) is 8.65. The lowest BCUT2D eigenvalue weighted by Crippen LogP contribution is -2.35. The van der Waals surface area contributed by atoms with Crippen LogP contribution in [0, 0.1) is 0 Å². The predicted molar refractivity (Wildman–Crippen MR) is 103 cm³/mol. The van der Waals surface area contributed by atoms with Crippen molar-refractivity contribution in [2.24, 2.45) is 0 Å². The summed E-state index contributed by atoms with van der Waals surface area (Å²) in [6, 6.07) is 5.15. The first-order chi connectivity index (χ1) is 14.1. The number of hydrogen-bond donors (Lipinski definition) is 1. The van der Waals surface area contributed by atoms with E-state index in [-0.39, 0.29) is 30.9 Å². The van der Waals surface area contributed by atoms with Gasteiger partial charge in [0, 0.05) is 30.2 Å². The largest absolute Gasteiger partial charge is 0.482 e. The number of benzene rings is 1. The van der Waals surface area contributed by atoms with Gasteiger partial charge in [-0.2, -0.15) is 0 Å². The SMILES string of the molecule is O=C(COC(=O)COc1ccc2c3c(c(=O)oc2c1)CCC3)NC[C@H]1CCCO1. The predicted octanol–water partition coefficient (Wildman–Crippen LogP) is 1.50. The third-order valence-corrected chi connectivity index (χ3v) is 5.22. The van der Waals surface area contributed by atoms with Crippen LogP contribution in [0.15, 0.2) is 27.4 Å². The molecule has 2 aliphatic rings. The molecule has 0 saturated carbocycles. The fourth-order valence-electron chi connectivity index (χ4n) is 3.77. The fourth-order valence-corrected chi connectivity index (χ4v) is 3.77. The van der Waals surface area contributed by atoms with E-state index >= 15 is 0 Å². The molecule has 1 N–H and O–H groups in total. The van der Waals surface area contributed by atoms with Gasteiger partial charge in [-0.15, -0.1) is 0 Å². The maximum Gasteiger partial charge on any atom is 0.344 e. The van der Waals surface area contributed by atoms with Crippen LogP contribution < -0.4 is 15.7 Å². The molecule has 29 heavy (non-hydrogen) atoms. The zero-order valence-corrected chi connectivity index (χ0v) is 16.0. The van der Waals surface area contributed by atoms with E-state index in [4.69, 9.17) is 18.6 Å². The third kappa shape index (κ3) is 4.59. The average molecular weight is 401 g/mol. The van der Waals surface area contributed by atoms with E-state index in [0.717, 1.165) is 48.6 Å². The lowest BCUT2D eigenvalue weighted by atomic mass is 10.1. The molecule has 1 fully saturated rings. The molecule has 0 spiro atoms. The number of rotatable bonds is 7. The molecule has 0 radical (unpaired) electrons. The van der Waals surface area contributed by atoms with Crippen molar-refractivity contribution in [1.82, 2.24) is 5.32 Å². The highest BCUT2D eigenvalue weighted by Crippen LogP contribution is 2.29. The van der Waals surface area contributed by atoms with Gasteiger partial charge in [-0.1, -0.05) is 0 Å². The molecule has 8 nitrogen and oxygen atoms in total. The van der Waals surface area contributed by atoms with Crippen molar-refractivity contribution >= 4 is 22.8 Å². The molecule has 0 unspecified atom stereocenters. The van der Waals surface area contributed by atoms with Crippen LogP contribution in [0.2, 0.25) is 0 Å². The van der Waals surface area contributed by atoms with Gasteiger partial charge in [-0.3, -0.25) is 4.79 Å². The minimum Gasteiger partial charge on any atom is -0.482 e. The number of amides is 1. The molecule has 1 amide bonds. The van der Waals surface area contributed by atoms with Crippen LogP contribution in [0.1, 0.15) is 30.4 Å². The number of carbonyl (C=O) groups is 2. The number of hydrogen-bond acceptors (Lipinski definition) is 7. The van der Waals surface area contributed by atoms with E-state index in [9.17, 15) is 14.4 Å². The van der Waals surface area contributed by atoms with E-state index in [2.05, 4.69) is 5.32 Å². The van der Waals surface area contributed by atoms with Gasteiger partial charge in [-0.05, 0) is 49.8 Å². The smallest absolute Gasteiger partial charge is 0.344 e. The molecule has 1 aliphatic heterocycles. The molecule has 1 saturated heterocycles.